The van der Waals surface area contributed by atoms with Gasteiger partial charge in [-0.3, -0.25) is 9.69 Å². The quantitative estimate of drug-likeness (QED) is 0.240. The van der Waals surface area contributed by atoms with Gasteiger partial charge in [-0.2, -0.15) is 0 Å². The third-order valence-electron chi connectivity index (χ3n) is 10.9. The molecule has 3 aliphatic rings. The fraction of sp³-hybridized carbons (Fsp3) is 0.425. The molecule has 268 valence electrons. The van der Waals surface area contributed by atoms with Crippen LogP contribution in [0.15, 0.2) is 72.5 Å². The van der Waals surface area contributed by atoms with Gasteiger partial charge in [-0.1, -0.05) is 61.9 Å². The fourth-order valence-electron chi connectivity index (χ4n) is 8.04. The molecule has 2 N–H and O–H groups in total. The lowest BCUT2D eigenvalue weighted by Gasteiger charge is -2.42. The van der Waals surface area contributed by atoms with Crippen LogP contribution in [0.3, 0.4) is 0 Å². The molecule has 10 nitrogen and oxygen atoms in total. The van der Waals surface area contributed by atoms with Crippen molar-refractivity contribution in [2.24, 2.45) is 5.73 Å². The number of nitrogens with zero attached hydrogens (tertiary/aromatic N) is 6. The molecule has 1 amide bonds. The minimum atomic E-state index is -3.79. The number of carbonyl (C=O) groups is 1. The lowest BCUT2D eigenvalue weighted by molar-refractivity contribution is -0.119. The summed E-state index contributed by atoms with van der Waals surface area (Å²) in [7, 11) is -3.79. The van der Waals surface area contributed by atoms with Crippen molar-refractivity contribution in [1.82, 2.24) is 18.8 Å². The SMILES string of the molecule is CC1=CC=CC(C)(S(=O)(=O)n2ccc3c(-c4nc5c(c(N6CCN(CC(N)=O)C[C@H]6C)n4)CN(c4cc(C(C)C)ccc4C)CC5)cccc32)C1. The number of hydrogen-bond donors (Lipinski definition) is 1. The minimum Gasteiger partial charge on any atom is -0.369 e. The number of rotatable bonds is 8. The Bertz CT molecular complexity index is 2190. The Hall–Kier alpha value is -4.48. The number of benzene rings is 2. The molecule has 1 unspecified atom stereocenters. The maximum Gasteiger partial charge on any atom is 0.248 e. The van der Waals surface area contributed by atoms with Crippen molar-refractivity contribution in [3.63, 3.8) is 0 Å². The molecule has 2 aliphatic heterocycles. The van der Waals surface area contributed by atoms with Crippen LogP contribution in [0.4, 0.5) is 11.5 Å². The van der Waals surface area contributed by atoms with Crippen molar-refractivity contribution < 1.29 is 13.2 Å². The molecule has 11 heteroatoms. The van der Waals surface area contributed by atoms with E-state index in [1.807, 2.05) is 43.3 Å². The van der Waals surface area contributed by atoms with E-state index in [0.29, 0.717) is 49.9 Å². The maximum absolute atomic E-state index is 14.2. The molecule has 2 aromatic heterocycles. The Kier molecular flexibility index (Phi) is 9.08. The number of aryl methyl sites for hydroxylation is 1. The molecule has 0 radical (unpaired) electrons. The van der Waals surface area contributed by atoms with Gasteiger partial charge in [0.2, 0.25) is 15.9 Å². The van der Waals surface area contributed by atoms with Crippen LogP contribution >= 0.6 is 0 Å². The summed E-state index contributed by atoms with van der Waals surface area (Å²) in [5.74, 6) is 1.59. The highest BCUT2D eigenvalue weighted by molar-refractivity contribution is 7.91. The number of primary amides is 1. The summed E-state index contributed by atoms with van der Waals surface area (Å²) in [6.45, 7) is 16.4. The normalized spacial score (nSPS) is 21.3. The predicted octanol–water partition coefficient (Wildman–Crippen LogP) is 5.93. The molecule has 1 saturated heterocycles. The summed E-state index contributed by atoms with van der Waals surface area (Å²) in [5, 5.41) is 0.792. The smallest absolute Gasteiger partial charge is 0.248 e. The van der Waals surface area contributed by atoms with Gasteiger partial charge in [-0.15, -0.1) is 0 Å². The van der Waals surface area contributed by atoms with Crippen molar-refractivity contribution in [2.45, 2.75) is 77.6 Å². The average Bonchev–Trinajstić information content (AvgIpc) is 3.53. The molecule has 0 spiro atoms. The zero-order valence-electron chi connectivity index (χ0n) is 30.6. The van der Waals surface area contributed by atoms with Gasteiger partial charge in [0.05, 0.1) is 17.8 Å². The summed E-state index contributed by atoms with van der Waals surface area (Å²) in [5.41, 5.74) is 13.9. The van der Waals surface area contributed by atoms with E-state index in [2.05, 4.69) is 60.6 Å². The molecule has 2 aromatic carbocycles. The summed E-state index contributed by atoms with van der Waals surface area (Å²) in [6.07, 6.45) is 8.46. The van der Waals surface area contributed by atoms with Crippen LogP contribution in [0.5, 0.6) is 0 Å². The number of allylic oxidation sites excluding steroid dienone is 3. The third kappa shape index (κ3) is 6.35. The van der Waals surface area contributed by atoms with Crippen molar-refractivity contribution >= 4 is 38.3 Å². The number of fused-ring (bicyclic) bond motifs is 2. The van der Waals surface area contributed by atoms with Gasteiger partial charge in [0.25, 0.3) is 0 Å². The first kappa shape index (κ1) is 34.9. The first-order chi connectivity index (χ1) is 24.3. The van der Waals surface area contributed by atoms with Crippen LogP contribution in [0.2, 0.25) is 0 Å². The Morgan fingerprint density at radius 3 is 2.61 bits per heavy atom. The van der Waals surface area contributed by atoms with E-state index in [-0.39, 0.29) is 18.5 Å². The highest BCUT2D eigenvalue weighted by Crippen LogP contribution is 2.39. The number of piperazine rings is 1. The molecular formula is C40H49N7O3S. The van der Waals surface area contributed by atoms with Gasteiger partial charge in [-0.25, -0.2) is 22.4 Å². The van der Waals surface area contributed by atoms with Crippen LogP contribution in [0, 0.1) is 6.92 Å². The average molecular weight is 708 g/mol. The molecule has 2 atom stereocenters. The number of hydrogen-bond acceptors (Lipinski definition) is 8. The van der Waals surface area contributed by atoms with Crippen molar-refractivity contribution in [2.75, 3.05) is 42.5 Å². The molecule has 7 rings (SSSR count). The first-order valence-corrected chi connectivity index (χ1v) is 19.4. The van der Waals surface area contributed by atoms with E-state index >= 15 is 0 Å². The minimum absolute atomic E-state index is 0.0788. The standard InChI is InChI=1S/C40H49N7O3S/c1-26(2)30-13-12-28(4)36(21-30)45-17-15-34-33(24-45)39(46-20-19-44(23-29(46)5)25-37(41)48)43-38(42-34)32-10-7-11-35-31(32)14-18-47(35)51(49,50)40(6)16-8-9-27(3)22-40/h7-14,16,18,21,26,29H,15,17,19-20,22-25H2,1-6H3,(H2,41,48)/t29-,40?/m1/s1. The zero-order valence-corrected chi connectivity index (χ0v) is 31.4. The summed E-state index contributed by atoms with van der Waals surface area (Å²) in [4.78, 5) is 29.3. The summed E-state index contributed by atoms with van der Waals surface area (Å²) < 4.78 is 28.8. The monoisotopic (exact) mass is 707 g/mol. The van der Waals surface area contributed by atoms with Gasteiger partial charge < -0.3 is 15.5 Å². The number of anilines is 2. The van der Waals surface area contributed by atoms with E-state index in [0.717, 1.165) is 46.6 Å². The Balaban J connectivity index is 1.32. The molecule has 0 saturated carbocycles. The number of amides is 1. The summed E-state index contributed by atoms with van der Waals surface area (Å²) in [6, 6.07) is 14.5. The molecule has 4 aromatic rings. The second-order valence-corrected chi connectivity index (χ2v) is 17.4. The van der Waals surface area contributed by atoms with E-state index in [9.17, 15) is 13.2 Å². The van der Waals surface area contributed by atoms with Gasteiger partial charge >= 0.3 is 0 Å². The molecule has 1 aliphatic carbocycles. The van der Waals surface area contributed by atoms with Crippen molar-refractivity contribution in [1.29, 1.82) is 0 Å². The van der Waals surface area contributed by atoms with E-state index in [1.165, 1.54) is 20.8 Å². The number of aromatic nitrogens is 3. The predicted molar refractivity (Wildman–Crippen MR) is 206 cm³/mol. The molecule has 51 heavy (non-hydrogen) atoms. The second kappa shape index (κ2) is 13.2. The molecule has 1 fully saturated rings. The molecule has 4 heterocycles. The fourth-order valence-corrected chi connectivity index (χ4v) is 9.78. The highest BCUT2D eigenvalue weighted by atomic mass is 32.2. The van der Waals surface area contributed by atoms with Gasteiger partial charge in [0.1, 0.15) is 10.6 Å². The summed E-state index contributed by atoms with van der Waals surface area (Å²) >= 11 is 0. The van der Waals surface area contributed by atoms with Crippen molar-refractivity contribution in [3.8, 4) is 11.4 Å². The topological polar surface area (TPSA) is 118 Å². The van der Waals surface area contributed by atoms with Crippen LogP contribution in [0.25, 0.3) is 22.3 Å². The second-order valence-electron chi connectivity index (χ2n) is 15.1. The Labute approximate surface area is 301 Å². The molecule has 0 bridgehead atoms. The van der Waals surface area contributed by atoms with E-state index in [1.54, 1.807) is 19.2 Å². The lowest BCUT2D eigenvalue weighted by Crippen LogP contribution is -2.54. The van der Waals surface area contributed by atoms with E-state index in [4.69, 9.17) is 15.7 Å². The van der Waals surface area contributed by atoms with Gasteiger partial charge in [-0.05, 0) is 69.4 Å². The van der Waals surface area contributed by atoms with Crippen LogP contribution in [-0.2, 0) is 27.8 Å². The van der Waals surface area contributed by atoms with Crippen molar-refractivity contribution in [3.05, 3.63) is 94.8 Å². The Morgan fingerprint density at radius 2 is 1.88 bits per heavy atom. The van der Waals surface area contributed by atoms with Gasteiger partial charge in [0, 0.05) is 73.6 Å². The van der Waals surface area contributed by atoms with Gasteiger partial charge in [0.15, 0.2) is 5.82 Å². The van der Waals surface area contributed by atoms with E-state index < -0.39 is 14.8 Å². The molecular weight excluding hydrogens is 659 g/mol. The largest absolute Gasteiger partial charge is 0.369 e. The Morgan fingerprint density at radius 1 is 1.08 bits per heavy atom. The zero-order chi connectivity index (χ0) is 36.2. The number of nitrogens with two attached hydrogens (primary N) is 1. The maximum atomic E-state index is 14.2. The number of carbonyl (C=O) groups excluding carboxylic acids is 1. The van der Waals surface area contributed by atoms with Crippen LogP contribution in [-0.4, -0.2) is 76.7 Å². The van der Waals surface area contributed by atoms with Crippen LogP contribution < -0.4 is 15.5 Å². The third-order valence-corrected chi connectivity index (χ3v) is 13.2. The lowest BCUT2D eigenvalue weighted by atomic mass is 9.96. The van der Waals surface area contributed by atoms with Crippen LogP contribution in [0.1, 0.15) is 69.3 Å². The first-order valence-electron chi connectivity index (χ1n) is 18.0. The highest BCUT2D eigenvalue weighted by Gasteiger charge is 2.40.